The normalized spacial score (nSPS) is 10.2. The molecular weight excluding hydrogens is 438 g/mol. The number of amides is 3. The molecule has 0 heterocycles. The summed E-state index contributed by atoms with van der Waals surface area (Å²) in [4.78, 5) is 39.8. The molecule has 3 aromatic carbocycles. The summed E-state index contributed by atoms with van der Waals surface area (Å²) in [7, 11) is 1.53. The van der Waals surface area contributed by atoms with Gasteiger partial charge in [0.05, 0.1) is 17.8 Å². The van der Waals surface area contributed by atoms with E-state index in [1.165, 1.54) is 23.7 Å². The van der Waals surface area contributed by atoms with Gasteiger partial charge in [0.2, 0.25) is 5.91 Å². The quantitative estimate of drug-likeness (QED) is 0.466. The van der Waals surface area contributed by atoms with Crippen LogP contribution in [0.3, 0.4) is 0 Å². The third-order valence-electron chi connectivity index (χ3n) is 4.70. The maximum Gasteiger partial charge on any atom is 0.260 e. The Kier molecular flexibility index (Phi) is 8.49. The van der Waals surface area contributed by atoms with Crippen molar-refractivity contribution in [3.05, 3.63) is 84.4 Å². The van der Waals surface area contributed by atoms with Gasteiger partial charge in [-0.2, -0.15) is 0 Å². The zero-order valence-electron chi connectivity index (χ0n) is 18.4. The average Bonchev–Trinajstić information content (AvgIpc) is 2.83. The number of thioether (sulfide) groups is 1. The van der Waals surface area contributed by atoms with Gasteiger partial charge in [0.15, 0.2) is 6.61 Å². The molecule has 0 saturated carbocycles. The van der Waals surface area contributed by atoms with Gasteiger partial charge < -0.3 is 20.3 Å². The van der Waals surface area contributed by atoms with Crippen LogP contribution in [-0.4, -0.2) is 49.1 Å². The summed E-state index contributed by atoms with van der Waals surface area (Å²) in [5, 5.41) is 5.62. The van der Waals surface area contributed by atoms with E-state index in [4.69, 9.17) is 4.74 Å². The van der Waals surface area contributed by atoms with Crippen LogP contribution < -0.4 is 15.4 Å². The molecule has 8 heteroatoms. The summed E-state index contributed by atoms with van der Waals surface area (Å²) < 4.78 is 5.63. The van der Waals surface area contributed by atoms with Crippen LogP contribution in [0.25, 0.3) is 0 Å². The Morgan fingerprint density at radius 2 is 1.55 bits per heavy atom. The second-order valence-corrected chi connectivity index (χ2v) is 7.95. The van der Waals surface area contributed by atoms with E-state index in [0.717, 1.165) is 4.90 Å². The first kappa shape index (κ1) is 23.9. The fraction of sp³-hybridized carbons (Fsp3) is 0.160. The lowest BCUT2D eigenvalue weighted by atomic mass is 10.2. The molecular formula is C25H25N3O4S. The summed E-state index contributed by atoms with van der Waals surface area (Å²) in [6.45, 7) is -0.429. The molecule has 0 aliphatic carbocycles. The van der Waals surface area contributed by atoms with Crippen molar-refractivity contribution in [2.75, 3.05) is 37.1 Å². The summed E-state index contributed by atoms with van der Waals surface area (Å²) in [6, 6.07) is 23.2. The SMILES string of the molecule is CSc1ccccc1NC(=O)CN(C)C(=O)COc1ccccc1C(=O)Nc1ccccc1. The number of carbonyl (C=O) groups excluding carboxylic acids is 3. The third kappa shape index (κ3) is 6.85. The second kappa shape index (κ2) is 11.7. The molecule has 0 spiro atoms. The van der Waals surface area contributed by atoms with E-state index in [1.807, 2.05) is 48.7 Å². The highest BCUT2D eigenvalue weighted by Gasteiger charge is 2.17. The van der Waals surface area contributed by atoms with Crippen LogP contribution in [0.5, 0.6) is 5.75 Å². The minimum Gasteiger partial charge on any atom is -0.483 e. The molecule has 0 fully saturated rings. The van der Waals surface area contributed by atoms with E-state index in [0.29, 0.717) is 16.9 Å². The fourth-order valence-corrected chi connectivity index (χ4v) is 3.54. The van der Waals surface area contributed by atoms with E-state index < -0.39 is 0 Å². The Morgan fingerprint density at radius 1 is 0.879 bits per heavy atom. The molecule has 0 unspecified atom stereocenters. The monoisotopic (exact) mass is 463 g/mol. The standard InChI is InChI=1S/C25H25N3O4S/c1-28(16-23(29)27-20-13-7-9-15-22(20)33-2)24(30)17-32-21-14-8-6-12-19(21)25(31)26-18-10-4-3-5-11-18/h3-15H,16-17H2,1-2H3,(H,26,31)(H,27,29). The molecule has 0 atom stereocenters. The topological polar surface area (TPSA) is 87.7 Å². The number of benzene rings is 3. The van der Waals surface area contributed by atoms with Gasteiger partial charge in [-0.1, -0.05) is 42.5 Å². The van der Waals surface area contributed by atoms with Crippen LogP contribution >= 0.6 is 11.8 Å². The molecule has 0 aromatic heterocycles. The second-order valence-electron chi connectivity index (χ2n) is 7.10. The molecule has 0 aliphatic heterocycles. The van der Waals surface area contributed by atoms with Crippen molar-refractivity contribution in [3.8, 4) is 5.75 Å². The van der Waals surface area contributed by atoms with E-state index >= 15 is 0 Å². The summed E-state index contributed by atoms with van der Waals surface area (Å²) >= 11 is 1.52. The van der Waals surface area contributed by atoms with Gasteiger partial charge >= 0.3 is 0 Å². The number of ether oxygens (including phenoxy) is 1. The third-order valence-corrected chi connectivity index (χ3v) is 5.50. The van der Waals surface area contributed by atoms with Crippen molar-refractivity contribution in [2.45, 2.75) is 4.90 Å². The molecule has 3 amide bonds. The van der Waals surface area contributed by atoms with Crippen molar-refractivity contribution >= 4 is 40.9 Å². The number of para-hydroxylation sites is 3. The highest BCUT2D eigenvalue weighted by atomic mass is 32.2. The number of anilines is 2. The van der Waals surface area contributed by atoms with E-state index in [-0.39, 0.29) is 36.6 Å². The molecule has 33 heavy (non-hydrogen) atoms. The Labute approximate surface area is 197 Å². The van der Waals surface area contributed by atoms with Crippen molar-refractivity contribution in [1.29, 1.82) is 0 Å². The largest absolute Gasteiger partial charge is 0.483 e. The maximum absolute atomic E-state index is 12.6. The van der Waals surface area contributed by atoms with Crippen molar-refractivity contribution in [2.24, 2.45) is 0 Å². The molecule has 3 aromatic rings. The number of likely N-dealkylation sites (N-methyl/N-ethyl adjacent to an activating group) is 1. The van der Waals surface area contributed by atoms with Gasteiger partial charge in [0, 0.05) is 17.6 Å². The first-order valence-electron chi connectivity index (χ1n) is 10.2. The van der Waals surface area contributed by atoms with Gasteiger partial charge in [-0.05, 0) is 42.7 Å². The molecule has 7 nitrogen and oxygen atoms in total. The molecule has 2 N–H and O–H groups in total. The van der Waals surface area contributed by atoms with Crippen molar-refractivity contribution in [1.82, 2.24) is 4.90 Å². The molecule has 0 saturated heterocycles. The van der Waals surface area contributed by atoms with E-state index in [1.54, 1.807) is 36.4 Å². The zero-order chi connectivity index (χ0) is 23.6. The molecule has 0 radical (unpaired) electrons. The predicted molar refractivity (Wildman–Crippen MR) is 131 cm³/mol. The fourth-order valence-electron chi connectivity index (χ4n) is 2.99. The van der Waals surface area contributed by atoms with Gasteiger partial charge in [-0.25, -0.2) is 0 Å². The number of hydrogen-bond donors (Lipinski definition) is 2. The summed E-state index contributed by atoms with van der Waals surface area (Å²) in [5.41, 5.74) is 1.66. The van der Waals surface area contributed by atoms with Crippen LogP contribution in [0.2, 0.25) is 0 Å². The number of hydrogen-bond acceptors (Lipinski definition) is 5. The molecule has 0 bridgehead atoms. The highest BCUT2D eigenvalue weighted by molar-refractivity contribution is 7.98. The number of rotatable bonds is 9. The van der Waals surface area contributed by atoms with Gasteiger partial charge in [0.25, 0.3) is 11.8 Å². The lowest BCUT2D eigenvalue weighted by Crippen LogP contribution is -2.37. The zero-order valence-corrected chi connectivity index (χ0v) is 19.2. The Hall–Kier alpha value is -3.78. The van der Waals surface area contributed by atoms with Crippen LogP contribution in [0, 0.1) is 0 Å². The predicted octanol–water partition coefficient (Wildman–Crippen LogP) is 4.14. The van der Waals surface area contributed by atoms with Crippen LogP contribution in [0.4, 0.5) is 11.4 Å². The van der Waals surface area contributed by atoms with Crippen molar-refractivity contribution < 1.29 is 19.1 Å². The number of carbonyl (C=O) groups is 3. The Balaban J connectivity index is 1.56. The number of nitrogens with one attached hydrogen (secondary N) is 2. The first-order valence-corrected chi connectivity index (χ1v) is 11.5. The Bertz CT molecular complexity index is 1120. The minimum absolute atomic E-state index is 0.124. The van der Waals surface area contributed by atoms with Crippen LogP contribution in [0.1, 0.15) is 10.4 Å². The first-order chi connectivity index (χ1) is 16.0. The smallest absolute Gasteiger partial charge is 0.260 e. The van der Waals surface area contributed by atoms with Crippen LogP contribution in [0.15, 0.2) is 83.8 Å². The molecule has 0 aliphatic rings. The molecule has 3 rings (SSSR count). The molecule has 170 valence electrons. The van der Waals surface area contributed by atoms with Gasteiger partial charge in [-0.3, -0.25) is 14.4 Å². The van der Waals surface area contributed by atoms with Crippen LogP contribution in [-0.2, 0) is 9.59 Å². The van der Waals surface area contributed by atoms with E-state index in [9.17, 15) is 14.4 Å². The lowest BCUT2D eigenvalue weighted by molar-refractivity contribution is -0.135. The minimum atomic E-state index is -0.387. The van der Waals surface area contributed by atoms with Crippen molar-refractivity contribution in [3.63, 3.8) is 0 Å². The average molecular weight is 464 g/mol. The number of nitrogens with zero attached hydrogens (tertiary/aromatic N) is 1. The maximum atomic E-state index is 12.6. The summed E-state index contributed by atoms with van der Waals surface area (Å²) in [6.07, 6.45) is 1.93. The van der Waals surface area contributed by atoms with Gasteiger partial charge in [-0.15, -0.1) is 11.8 Å². The lowest BCUT2D eigenvalue weighted by Gasteiger charge is -2.18. The summed E-state index contributed by atoms with van der Waals surface area (Å²) in [5.74, 6) is -0.757. The highest BCUT2D eigenvalue weighted by Crippen LogP contribution is 2.24. The van der Waals surface area contributed by atoms with Gasteiger partial charge in [0.1, 0.15) is 5.75 Å². The Morgan fingerprint density at radius 3 is 2.30 bits per heavy atom. The van der Waals surface area contributed by atoms with E-state index in [2.05, 4.69) is 10.6 Å².